The van der Waals surface area contributed by atoms with Gasteiger partial charge in [-0.05, 0) is 29.5 Å². The molecule has 2 rings (SSSR count). The molecule has 92 valence electrons. The zero-order chi connectivity index (χ0) is 12.8. The summed E-state index contributed by atoms with van der Waals surface area (Å²) in [6.07, 6.45) is 0.689. The van der Waals surface area contributed by atoms with Gasteiger partial charge in [-0.15, -0.1) is 0 Å². The zero-order valence-electron chi connectivity index (χ0n) is 10.0. The maximum absolute atomic E-state index is 13.1. The highest BCUT2D eigenvalue weighted by atomic mass is 35.5. The molecule has 0 amide bonds. The number of carbonyl (C=O) groups excluding carboxylic acids is 1. The number of carbonyl (C=O) groups is 1. The third-order valence-electron chi connectivity index (χ3n) is 3.68. The summed E-state index contributed by atoms with van der Waals surface area (Å²) in [6, 6.07) is 4.41. The van der Waals surface area contributed by atoms with Crippen molar-refractivity contribution in [2.45, 2.75) is 25.7 Å². The molecule has 1 unspecified atom stereocenters. The molecule has 0 spiro atoms. The number of halogens is 2. The van der Waals surface area contributed by atoms with Crippen molar-refractivity contribution in [1.82, 2.24) is 0 Å². The summed E-state index contributed by atoms with van der Waals surface area (Å²) in [7, 11) is 1.36. The fourth-order valence-electron chi connectivity index (χ4n) is 2.51. The van der Waals surface area contributed by atoms with Gasteiger partial charge in [0, 0.05) is 0 Å². The molecule has 17 heavy (non-hydrogen) atoms. The van der Waals surface area contributed by atoms with E-state index in [-0.39, 0.29) is 16.4 Å². The van der Waals surface area contributed by atoms with Gasteiger partial charge in [0.25, 0.3) is 0 Å². The predicted molar refractivity (Wildman–Crippen MR) is 63.5 cm³/mol. The van der Waals surface area contributed by atoms with Crippen molar-refractivity contribution in [3.05, 3.63) is 34.6 Å². The molecule has 1 aromatic rings. The van der Waals surface area contributed by atoms with E-state index in [1.807, 2.05) is 13.8 Å². The van der Waals surface area contributed by atoms with Crippen LogP contribution < -0.4 is 0 Å². The Morgan fingerprint density at radius 3 is 2.47 bits per heavy atom. The van der Waals surface area contributed by atoms with E-state index in [9.17, 15) is 9.18 Å². The summed E-state index contributed by atoms with van der Waals surface area (Å²) in [4.78, 5) is 11.9. The van der Waals surface area contributed by atoms with Gasteiger partial charge in [0.05, 0.1) is 17.5 Å². The first-order chi connectivity index (χ1) is 7.85. The largest absolute Gasteiger partial charge is 0.468 e. The van der Waals surface area contributed by atoms with E-state index < -0.39 is 11.2 Å². The number of hydrogen-bond donors (Lipinski definition) is 0. The lowest BCUT2D eigenvalue weighted by Gasteiger charge is -2.18. The summed E-state index contributed by atoms with van der Waals surface area (Å²) in [5, 5.41) is 0.0356. The topological polar surface area (TPSA) is 26.3 Å². The van der Waals surface area contributed by atoms with E-state index in [2.05, 4.69) is 0 Å². The van der Waals surface area contributed by atoms with E-state index >= 15 is 0 Å². The molecule has 0 aromatic heterocycles. The van der Waals surface area contributed by atoms with Gasteiger partial charge in [-0.25, -0.2) is 4.39 Å². The number of methoxy groups -OCH3 is 1. The molecule has 0 aliphatic heterocycles. The van der Waals surface area contributed by atoms with E-state index in [1.165, 1.54) is 19.2 Å². The molecule has 1 atom stereocenters. The second-order valence-electron chi connectivity index (χ2n) is 5.09. The first-order valence-corrected chi connectivity index (χ1v) is 5.77. The van der Waals surface area contributed by atoms with Crippen LogP contribution in [-0.2, 0) is 14.9 Å². The number of rotatable bonds is 2. The zero-order valence-corrected chi connectivity index (χ0v) is 10.8. The van der Waals surface area contributed by atoms with Gasteiger partial charge < -0.3 is 4.74 Å². The van der Waals surface area contributed by atoms with Crippen LogP contribution in [0.25, 0.3) is 0 Å². The smallest absolute Gasteiger partial charge is 0.316 e. The highest BCUT2D eigenvalue weighted by Crippen LogP contribution is 2.65. The summed E-state index contributed by atoms with van der Waals surface area (Å²) >= 11 is 5.76. The minimum absolute atomic E-state index is 0.0356. The summed E-state index contributed by atoms with van der Waals surface area (Å²) in [5.41, 5.74) is -0.138. The van der Waals surface area contributed by atoms with Crippen LogP contribution in [0.3, 0.4) is 0 Å². The van der Waals surface area contributed by atoms with Crippen molar-refractivity contribution in [2.75, 3.05) is 7.11 Å². The van der Waals surface area contributed by atoms with Crippen LogP contribution >= 0.6 is 11.6 Å². The highest BCUT2D eigenvalue weighted by Gasteiger charge is 2.68. The van der Waals surface area contributed by atoms with Crippen molar-refractivity contribution in [2.24, 2.45) is 5.41 Å². The maximum atomic E-state index is 13.1. The number of ether oxygens (including phenoxy) is 1. The van der Waals surface area contributed by atoms with Crippen LogP contribution in [0.1, 0.15) is 25.8 Å². The molecule has 1 aromatic carbocycles. The standard InChI is InChI=1S/C13H14ClFO2/c1-12(2)7-13(12,11(16)17-3)8-4-5-10(15)9(14)6-8/h4-6H,7H2,1-3H3. The molecule has 1 aliphatic carbocycles. The van der Waals surface area contributed by atoms with E-state index in [0.717, 1.165) is 5.56 Å². The third-order valence-corrected chi connectivity index (χ3v) is 3.97. The Morgan fingerprint density at radius 1 is 1.47 bits per heavy atom. The normalized spacial score (nSPS) is 25.5. The van der Waals surface area contributed by atoms with Crippen molar-refractivity contribution in [1.29, 1.82) is 0 Å². The maximum Gasteiger partial charge on any atom is 0.316 e. The van der Waals surface area contributed by atoms with Gasteiger partial charge in [-0.2, -0.15) is 0 Å². The van der Waals surface area contributed by atoms with Crippen LogP contribution in [0.4, 0.5) is 4.39 Å². The Kier molecular flexibility index (Phi) is 2.69. The Morgan fingerprint density at radius 2 is 2.06 bits per heavy atom. The summed E-state index contributed by atoms with van der Waals surface area (Å²) in [6.45, 7) is 3.97. The first-order valence-electron chi connectivity index (χ1n) is 5.39. The van der Waals surface area contributed by atoms with Crippen molar-refractivity contribution in [3.8, 4) is 0 Å². The van der Waals surface area contributed by atoms with Crippen molar-refractivity contribution < 1.29 is 13.9 Å². The number of hydrogen-bond acceptors (Lipinski definition) is 2. The minimum Gasteiger partial charge on any atom is -0.468 e. The van der Waals surface area contributed by atoms with Crippen LogP contribution in [0.15, 0.2) is 18.2 Å². The fraction of sp³-hybridized carbons (Fsp3) is 0.462. The number of esters is 1. The quantitative estimate of drug-likeness (QED) is 0.759. The molecule has 0 heterocycles. The Labute approximate surface area is 105 Å². The molecule has 2 nitrogen and oxygen atoms in total. The fourth-order valence-corrected chi connectivity index (χ4v) is 2.69. The molecule has 0 radical (unpaired) electrons. The molecule has 1 saturated carbocycles. The average molecular weight is 257 g/mol. The molecule has 1 fully saturated rings. The second-order valence-corrected chi connectivity index (χ2v) is 5.49. The van der Waals surface area contributed by atoms with E-state index in [4.69, 9.17) is 16.3 Å². The minimum atomic E-state index is -0.681. The Balaban J connectivity index is 2.50. The molecule has 1 aliphatic rings. The van der Waals surface area contributed by atoms with E-state index in [1.54, 1.807) is 6.07 Å². The van der Waals surface area contributed by atoms with Crippen LogP contribution in [0.2, 0.25) is 5.02 Å². The molecule has 0 bridgehead atoms. The molecule has 0 saturated heterocycles. The average Bonchev–Trinajstić information content (AvgIpc) is 2.86. The number of benzene rings is 1. The lowest BCUT2D eigenvalue weighted by Crippen LogP contribution is -2.27. The van der Waals surface area contributed by atoms with Crippen molar-refractivity contribution >= 4 is 17.6 Å². The lowest BCUT2D eigenvalue weighted by molar-refractivity contribution is -0.144. The van der Waals surface area contributed by atoms with Gasteiger partial charge >= 0.3 is 5.97 Å². The molecule has 4 heteroatoms. The van der Waals surface area contributed by atoms with Crippen LogP contribution in [-0.4, -0.2) is 13.1 Å². The Bertz CT molecular complexity index is 484. The van der Waals surface area contributed by atoms with Crippen LogP contribution in [0, 0.1) is 11.2 Å². The van der Waals surface area contributed by atoms with Gasteiger partial charge in [0.2, 0.25) is 0 Å². The van der Waals surface area contributed by atoms with Gasteiger partial charge in [-0.1, -0.05) is 31.5 Å². The SMILES string of the molecule is COC(=O)C1(c2ccc(F)c(Cl)c2)CC1(C)C. The highest BCUT2D eigenvalue weighted by molar-refractivity contribution is 6.30. The molecular weight excluding hydrogens is 243 g/mol. The van der Waals surface area contributed by atoms with Gasteiger partial charge in [-0.3, -0.25) is 4.79 Å². The van der Waals surface area contributed by atoms with Gasteiger partial charge in [0.15, 0.2) is 0 Å². The third kappa shape index (κ3) is 1.64. The lowest BCUT2D eigenvalue weighted by atomic mass is 9.88. The Hall–Kier alpha value is -1.09. The van der Waals surface area contributed by atoms with Gasteiger partial charge in [0.1, 0.15) is 5.82 Å². The molecular formula is C13H14ClFO2. The van der Waals surface area contributed by atoms with Crippen molar-refractivity contribution in [3.63, 3.8) is 0 Å². The predicted octanol–water partition coefficient (Wildman–Crippen LogP) is 3.32. The molecule has 0 N–H and O–H groups in total. The second kappa shape index (κ2) is 3.70. The first kappa shape index (κ1) is 12.4. The summed E-state index contributed by atoms with van der Waals surface area (Å²) < 4.78 is 18.0. The summed E-state index contributed by atoms with van der Waals surface area (Å²) in [5.74, 6) is -0.765. The van der Waals surface area contributed by atoms with E-state index in [0.29, 0.717) is 6.42 Å². The van der Waals surface area contributed by atoms with Crippen LogP contribution in [0.5, 0.6) is 0 Å². The monoisotopic (exact) mass is 256 g/mol.